The van der Waals surface area contributed by atoms with E-state index in [-0.39, 0.29) is 47.1 Å². The molecule has 8 rings (SSSR count). The van der Waals surface area contributed by atoms with E-state index in [0.717, 1.165) is 21.9 Å². The molecule has 1 aromatic carbocycles. The molecule has 0 aliphatic carbocycles. The van der Waals surface area contributed by atoms with Crippen LogP contribution in [0.1, 0.15) is 43.1 Å². The van der Waals surface area contributed by atoms with Gasteiger partial charge in [0, 0.05) is 24.4 Å². The number of H-pyrrole nitrogens is 1. The van der Waals surface area contributed by atoms with Gasteiger partial charge in [-0.05, 0) is 12.1 Å². The molecule has 2 amide bonds. The molecule has 3 fully saturated rings. The summed E-state index contributed by atoms with van der Waals surface area (Å²) in [7, 11) is -9.60. The molecule has 8 atom stereocenters. The monoisotopic (exact) mass is 887 g/mol. The normalized spacial score (nSPS) is 27.8. The van der Waals surface area contributed by atoms with Crippen molar-refractivity contribution in [2.45, 2.75) is 63.3 Å². The molecule has 4 N–H and O–H groups in total. The molecule has 25 nitrogen and oxygen atoms in total. The molecule has 0 spiro atoms. The number of alkyl halides is 1. The van der Waals surface area contributed by atoms with E-state index in [1.54, 1.807) is 44.2 Å². The molecule has 3 saturated heterocycles. The van der Waals surface area contributed by atoms with Crippen molar-refractivity contribution in [1.82, 2.24) is 49.2 Å². The highest BCUT2D eigenvalue weighted by molar-refractivity contribution is 7.84. The lowest BCUT2D eigenvalue weighted by Crippen LogP contribution is -2.42. The van der Waals surface area contributed by atoms with Crippen molar-refractivity contribution < 1.29 is 54.2 Å². The number of hydrogen-bond donors (Lipinski definition) is 4. The van der Waals surface area contributed by atoms with Crippen molar-refractivity contribution in [3.05, 3.63) is 70.3 Å². The first-order valence-electron chi connectivity index (χ1n) is 18.5. The van der Waals surface area contributed by atoms with E-state index < -0.39 is 104 Å². The summed E-state index contributed by atoms with van der Waals surface area (Å²) in [4.78, 5) is 60.5. The van der Waals surface area contributed by atoms with E-state index in [2.05, 4.69) is 55.4 Å². The molecular formula is C33H35FN13O12PS. The molecule has 61 heavy (non-hydrogen) atoms. The Morgan fingerprint density at radius 1 is 1.10 bits per heavy atom. The SMILES string of the molecule is [C-]#[N+]CCOP1(=O)OC[C@@H]2C[C@@H](OS(=O)(=O)NC[C@H]3O[C@@H](n4cnc5c(NC(=O)c6ccccc6)ncnc54)[C@@H](F)[C@@H]3O1)[C@H](n1nnc3c(=O)[nH]c(NC(=O)C(C)C)nc31)O2. The van der Waals surface area contributed by atoms with Crippen LogP contribution in [0.3, 0.4) is 0 Å². The summed E-state index contributed by atoms with van der Waals surface area (Å²) in [6, 6.07) is 8.27. The minimum Gasteiger partial charge on any atom is -0.348 e. The average Bonchev–Trinajstić information content (AvgIpc) is 4.02. The van der Waals surface area contributed by atoms with Crippen LogP contribution >= 0.6 is 7.82 Å². The Kier molecular flexibility index (Phi) is 11.7. The summed E-state index contributed by atoms with van der Waals surface area (Å²) in [6.45, 7) is 8.30. The summed E-state index contributed by atoms with van der Waals surface area (Å²) >= 11 is 0. The van der Waals surface area contributed by atoms with Crippen molar-refractivity contribution in [1.29, 1.82) is 0 Å². The maximum atomic E-state index is 16.7. The lowest BCUT2D eigenvalue weighted by Gasteiger charge is -2.26. The fraction of sp³-hybridized carbons (Fsp3) is 0.455. The number of phosphoric acid groups is 1. The maximum Gasteiger partial charge on any atom is 0.475 e. The van der Waals surface area contributed by atoms with Crippen LogP contribution in [0.15, 0.2) is 47.8 Å². The van der Waals surface area contributed by atoms with Gasteiger partial charge < -0.3 is 19.6 Å². The van der Waals surface area contributed by atoms with Crippen molar-refractivity contribution in [3.63, 3.8) is 0 Å². The van der Waals surface area contributed by atoms with E-state index in [9.17, 15) is 27.4 Å². The number of aromatic amines is 1. The molecule has 1 unspecified atom stereocenters. The topological polar surface area (TPSA) is 301 Å². The number of carbonyl (C=O) groups is 2. The van der Waals surface area contributed by atoms with E-state index in [0.29, 0.717) is 5.56 Å². The number of amides is 2. The molecule has 2 bridgehead atoms. The van der Waals surface area contributed by atoms with Gasteiger partial charge in [0.2, 0.25) is 18.4 Å². The highest BCUT2D eigenvalue weighted by Gasteiger charge is 2.53. The number of ether oxygens (including phenoxy) is 2. The molecule has 322 valence electrons. The van der Waals surface area contributed by atoms with E-state index >= 15 is 4.39 Å². The van der Waals surface area contributed by atoms with Gasteiger partial charge in [-0.3, -0.25) is 42.8 Å². The summed E-state index contributed by atoms with van der Waals surface area (Å²) in [5.41, 5.74) is -0.889. The molecule has 28 heteroatoms. The van der Waals surface area contributed by atoms with Crippen molar-refractivity contribution in [3.8, 4) is 0 Å². The van der Waals surface area contributed by atoms with Gasteiger partial charge in [0.05, 0.1) is 19.0 Å². The van der Waals surface area contributed by atoms with Crippen LogP contribution in [0.4, 0.5) is 16.2 Å². The van der Waals surface area contributed by atoms with Crippen LogP contribution in [0.2, 0.25) is 0 Å². The second-order valence-electron chi connectivity index (χ2n) is 14.0. The quantitative estimate of drug-likeness (QED) is 0.0924. The van der Waals surface area contributed by atoms with Gasteiger partial charge in [0.1, 0.15) is 31.2 Å². The standard InChI is InChI=1S/C33H35FN13O12PS/c1-16(2)28(48)42-33-41-27-23(30(50)43-33)44-45-47(27)31-19-11-18(56-31)13-55-60(51,54-10-9-35-3)58-24-20(12-39-61(52,53)59-19)57-32(21(24)34)46-15-38-22-25(36-14-37-26(22)46)40-29(49)17-7-5-4-6-8-17/h4-8,14-16,18-21,24,31-32,39H,9-13H2,1-2H3,(H,36,37,40,49)(H2,41,42,43,48,50)/t18-,19+,20+,21-,24+,31+,32+,60?/m0/s1. The lowest BCUT2D eigenvalue weighted by molar-refractivity contribution is -0.118. The number of rotatable bonds is 9. The number of nitrogens with one attached hydrogen (secondary N) is 4. The van der Waals surface area contributed by atoms with E-state index in [4.69, 9.17) is 33.8 Å². The van der Waals surface area contributed by atoms with Crippen molar-refractivity contribution >= 4 is 64.0 Å². The van der Waals surface area contributed by atoms with Crippen molar-refractivity contribution in [2.24, 2.45) is 5.92 Å². The third-order valence-corrected chi connectivity index (χ3v) is 12.0. The predicted molar refractivity (Wildman–Crippen MR) is 204 cm³/mol. The second-order valence-corrected chi connectivity index (χ2v) is 17.0. The van der Waals surface area contributed by atoms with Crippen LogP contribution in [-0.4, -0.2) is 122 Å². The molecule has 3 aliphatic heterocycles. The fourth-order valence-electron chi connectivity index (χ4n) is 6.56. The summed E-state index contributed by atoms with van der Waals surface area (Å²) in [5.74, 6) is -1.70. The Balaban J connectivity index is 1.09. The Labute approximate surface area is 343 Å². The van der Waals surface area contributed by atoms with E-state index in [1.807, 2.05) is 0 Å². The molecular weight excluding hydrogens is 852 g/mol. The number of benzene rings is 1. The number of carbonyl (C=O) groups excluding carboxylic acids is 2. The molecule has 4 aromatic heterocycles. The Morgan fingerprint density at radius 2 is 1.90 bits per heavy atom. The Hall–Kier alpha value is -5.69. The summed E-state index contributed by atoms with van der Waals surface area (Å²) < 4.78 is 97.0. The highest BCUT2D eigenvalue weighted by atomic mass is 32.2. The maximum absolute atomic E-state index is 16.7. The smallest absolute Gasteiger partial charge is 0.348 e. The zero-order chi connectivity index (χ0) is 43.1. The van der Waals surface area contributed by atoms with Gasteiger partial charge in [-0.25, -0.2) is 34.7 Å². The number of hydrogen-bond acceptors (Lipinski definition) is 18. The fourth-order valence-corrected chi connectivity index (χ4v) is 8.90. The first-order chi connectivity index (χ1) is 29.2. The van der Waals surface area contributed by atoms with Crippen molar-refractivity contribution in [2.75, 3.05) is 36.9 Å². The number of nitrogens with zero attached hydrogens (tertiary/aromatic N) is 9. The van der Waals surface area contributed by atoms with Gasteiger partial charge >= 0.3 is 18.1 Å². The number of anilines is 2. The largest absolute Gasteiger partial charge is 0.475 e. The second kappa shape index (κ2) is 17.0. The minimum atomic E-state index is -4.83. The number of halogens is 1. The van der Waals surface area contributed by atoms with Gasteiger partial charge in [-0.2, -0.15) is 22.8 Å². The van der Waals surface area contributed by atoms with Crippen LogP contribution in [0, 0.1) is 12.5 Å². The highest BCUT2D eigenvalue weighted by Crippen LogP contribution is 2.54. The summed E-state index contributed by atoms with van der Waals surface area (Å²) in [5, 5.41) is 12.9. The predicted octanol–water partition coefficient (Wildman–Crippen LogP) is 1.40. The Bertz CT molecular complexity index is 2730. The van der Waals surface area contributed by atoms with Gasteiger partial charge in [-0.1, -0.05) is 37.3 Å². The first-order valence-corrected chi connectivity index (χ1v) is 21.3. The number of fused-ring (bicyclic) bond motifs is 5. The zero-order valence-electron chi connectivity index (χ0n) is 31.9. The number of imidazole rings is 1. The number of aromatic nitrogens is 9. The van der Waals surface area contributed by atoms with Gasteiger partial charge in [0.25, 0.3) is 11.5 Å². The van der Waals surface area contributed by atoms with E-state index in [1.165, 1.54) is 0 Å². The van der Waals surface area contributed by atoms with Crippen LogP contribution in [0.25, 0.3) is 27.2 Å². The third kappa shape index (κ3) is 8.75. The molecule has 7 heterocycles. The lowest BCUT2D eigenvalue weighted by atomic mass is 10.1. The Morgan fingerprint density at radius 3 is 2.67 bits per heavy atom. The van der Waals surface area contributed by atoms with Crippen LogP contribution < -0.4 is 20.9 Å². The first kappa shape index (κ1) is 42.0. The molecule has 0 radical (unpaired) electrons. The van der Waals surface area contributed by atoms with Crippen LogP contribution in [0.5, 0.6) is 0 Å². The zero-order valence-corrected chi connectivity index (χ0v) is 33.6. The van der Waals surface area contributed by atoms with Crippen LogP contribution in [-0.2, 0) is 46.9 Å². The number of phosphoric ester groups is 1. The average molecular weight is 888 g/mol. The third-order valence-electron chi connectivity index (χ3n) is 9.49. The summed E-state index contributed by atoms with van der Waals surface area (Å²) in [6.07, 6.45) is -9.25. The molecule has 5 aromatic rings. The molecule has 3 aliphatic rings. The van der Waals surface area contributed by atoms with Gasteiger partial charge in [0.15, 0.2) is 46.8 Å². The van der Waals surface area contributed by atoms with Gasteiger partial charge in [-0.15, -0.1) is 5.10 Å². The molecule has 0 saturated carbocycles. The minimum absolute atomic E-state index is 0.00257.